The molecule has 25 heavy (non-hydrogen) atoms. The highest BCUT2D eigenvalue weighted by molar-refractivity contribution is 5.49. The van der Waals surface area contributed by atoms with Crippen LogP contribution in [0.2, 0.25) is 0 Å². The van der Waals surface area contributed by atoms with E-state index >= 15 is 0 Å². The van der Waals surface area contributed by atoms with Crippen LogP contribution in [-0.2, 0) is 12.0 Å². The standard InChI is InChI=1S/C19H21FN4O/c1-19(2,3)16-10-15(18-22-21-17(25-18)13-6-7-13)24(23-16)11-12-4-8-14(20)9-5-12/h4-5,8-10,13H,6-7,11H2,1-3H3. The van der Waals surface area contributed by atoms with Gasteiger partial charge in [-0.25, -0.2) is 4.39 Å². The Balaban J connectivity index is 1.72. The van der Waals surface area contributed by atoms with Gasteiger partial charge in [0.05, 0.1) is 12.2 Å². The van der Waals surface area contributed by atoms with E-state index in [4.69, 9.17) is 9.52 Å². The maximum atomic E-state index is 13.2. The van der Waals surface area contributed by atoms with E-state index < -0.39 is 0 Å². The molecule has 0 atom stereocenters. The van der Waals surface area contributed by atoms with Gasteiger partial charge in [-0.3, -0.25) is 4.68 Å². The second-order valence-corrected chi connectivity index (χ2v) is 7.67. The van der Waals surface area contributed by atoms with Gasteiger partial charge < -0.3 is 4.42 Å². The molecule has 4 rings (SSSR count). The Morgan fingerprint density at radius 1 is 1.16 bits per heavy atom. The summed E-state index contributed by atoms with van der Waals surface area (Å²) in [7, 11) is 0. The molecule has 0 aliphatic heterocycles. The molecule has 0 bridgehead atoms. The summed E-state index contributed by atoms with van der Waals surface area (Å²) >= 11 is 0. The van der Waals surface area contributed by atoms with E-state index in [0.29, 0.717) is 24.2 Å². The summed E-state index contributed by atoms with van der Waals surface area (Å²) in [5, 5.41) is 13.1. The first-order valence-electron chi connectivity index (χ1n) is 8.57. The van der Waals surface area contributed by atoms with E-state index in [2.05, 4.69) is 31.0 Å². The molecule has 2 aromatic heterocycles. The van der Waals surface area contributed by atoms with Crippen LogP contribution in [0.15, 0.2) is 34.7 Å². The summed E-state index contributed by atoms with van der Waals surface area (Å²) in [5.41, 5.74) is 2.62. The van der Waals surface area contributed by atoms with Crippen molar-refractivity contribution in [3.05, 3.63) is 53.3 Å². The Morgan fingerprint density at radius 2 is 1.88 bits per heavy atom. The van der Waals surface area contributed by atoms with Gasteiger partial charge in [-0.15, -0.1) is 10.2 Å². The number of rotatable bonds is 4. The zero-order chi connectivity index (χ0) is 17.6. The Bertz CT molecular complexity index is 885. The van der Waals surface area contributed by atoms with Crippen molar-refractivity contribution in [1.82, 2.24) is 20.0 Å². The molecule has 0 radical (unpaired) electrons. The minimum atomic E-state index is -0.245. The first kappa shape index (κ1) is 16.0. The minimum absolute atomic E-state index is 0.0951. The monoisotopic (exact) mass is 340 g/mol. The SMILES string of the molecule is CC(C)(C)c1cc(-c2nnc(C3CC3)o2)n(Cc2ccc(F)cc2)n1. The van der Waals surface area contributed by atoms with E-state index in [-0.39, 0.29) is 11.2 Å². The molecule has 2 heterocycles. The molecule has 130 valence electrons. The molecule has 0 spiro atoms. The largest absolute Gasteiger partial charge is 0.419 e. The minimum Gasteiger partial charge on any atom is -0.419 e. The summed E-state index contributed by atoms with van der Waals surface area (Å²) in [5.74, 6) is 1.37. The molecule has 3 aromatic rings. The molecule has 0 saturated heterocycles. The van der Waals surface area contributed by atoms with Crippen LogP contribution in [0.4, 0.5) is 4.39 Å². The fourth-order valence-corrected chi connectivity index (χ4v) is 2.67. The Morgan fingerprint density at radius 3 is 2.52 bits per heavy atom. The zero-order valence-corrected chi connectivity index (χ0v) is 14.7. The molecule has 1 saturated carbocycles. The molecule has 1 aliphatic carbocycles. The number of hydrogen-bond acceptors (Lipinski definition) is 4. The van der Waals surface area contributed by atoms with E-state index in [9.17, 15) is 4.39 Å². The average molecular weight is 340 g/mol. The van der Waals surface area contributed by atoms with Gasteiger partial charge in [-0.2, -0.15) is 5.10 Å². The Labute approximate surface area is 145 Å². The highest BCUT2D eigenvalue weighted by Crippen LogP contribution is 2.40. The normalized spacial score (nSPS) is 14.9. The van der Waals surface area contributed by atoms with Crippen molar-refractivity contribution < 1.29 is 8.81 Å². The fraction of sp³-hybridized carbons (Fsp3) is 0.421. The van der Waals surface area contributed by atoms with Crippen LogP contribution in [0, 0.1) is 5.82 Å². The highest BCUT2D eigenvalue weighted by atomic mass is 19.1. The van der Waals surface area contributed by atoms with Crippen molar-refractivity contribution in [2.45, 2.75) is 51.5 Å². The number of hydrogen-bond donors (Lipinski definition) is 0. The lowest BCUT2D eigenvalue weighted by molar-refractivity contribution is 0.500. The van der Waals surface area contributed by atoms with Crippen LogP contribution in [0.25, 0.3) is 11.6 Å². The number of halogens is 1. The van der Waals surface area contributed by atoms with Crippen molar-refractivity contribution in [1.29, 1.82) is 0 Å². The van der Waals surface area contributed by atoms with E-state index in [1.54, 1.807) is 12.1 Å². The first-order chi connectivity index (χ1) is 11.9. The van der Waals surface area contributed by atoms with Crippen LogP contribution in [-0.4, -0.2) is 20.0 Å². The second-order valence-electron chi connectivity index (χ2n) is 7.67. The van der Waals surface area contributed by atoms with Crippen LogP contribution < -0.4 is 0 Å². The molecule has 1 fully saturated rings. The molecule has 0 unspecified atom stereocenters. The molecule has 1 aliphatic rings. The zero-order valence-electron chi connectivity index (χ0n) is 14.7. The molecule has 0 N–H and O–H groups in total. The second kappa shape index (κ2) is 5.79. The van der Waals surface area contributed by atoms with Gasteiger partial charge in [0.2, 0.25) is 5.89 Å². The molecule has 5 nitrogen and oxygen atoms in total. The third-order valence-electron chi connectivity index (χ3n) is 4.38. The number of benzene rings is 1. The molecular formula is C19H21FN4O. The lowest BCUT2D eigenvalue weighted by Gasteiger charge is -2.14. The van der Waals surface area contributed by atoms with E-state index in [0.717, 1.165) is 29.8 Å². The topological polar surface area (TPSA) is 56.7 Å². The van der Waals surface area contributed by atoms with Crippen molar-refractivity contribution in [2.75, 3.05) is 0 Å². The van der Waals surface area contributed by atoms with Crippen LogP contribution >= 0.6 is 0 Å². The summed E-state index contributed by atoms with van der Waals surface area (Å²) in [4.78, 5) is 0. The summed E-state index contributed by atoms with van der Waals surface area (Å²) in [6, 6.07) is 8.46. The third kappa shape index (κ3) is 3.34. The quantitative estimate of drug-likeness (QED) is 0.711. The van der Waals surface area contributed by atoms with Crippen LogP contribution in [0.5, 0.6) is 0 Å². The van der Waals surface area contributed by atoms with Crippen LogP contribution in [0.3, 0.4) is 0 Å². The van der Waals surface area contributed by atoms with Gasteiger partial charge in [-0.1, -0.05) is 32.9 Å². The predicted molar refractivity (Wildman–Crippen MR) is 91.7 cm³/mol. The average Bonchev–Trinajstić information content (AvgIpc) is 3.13. The first-order valence-corrected chi connectivity index (χ1v) is 8.57. The van der Waals surface area contributed by atoms with Crippen LogP contribution in [0.1, 0.15) is 56.7 Å². The Kier molecular flexibility index (Phi) is 3.71. The summed E-state index contributed by atoms with van der Waals surface area (Å²) in [6.07, 6.45) is 2.23. The lowest BCUT2D eigenvalue weighted by Crippen LogP contribution is -2.13. The molecule has 1 aromatic carbocycles. The number of nitrogens with zero attached hydrogens (tertiary/aromatic N) is 4. The van der Waals surface area contributed by atoms with Crippen molar-refractivity contribution >= 4 is 0 Å². The van der Waals surface area contributed by atoms with Gasteiger partial charge >= 0.3 is 0 Å². The summed E-state index contributed by atoms with van der Waals surface area (Å²) in [6.45, 7) is 6.87. The van der Waals surface area contributed by atoms with Gasteiger partial charge in [-0.05, 0) is 36.6 Å². The fourth-order valence-electron chi connectivity index (χ4n) is 2.67. The van der Waals surface area contributed by atoms with Crippen molar-refractivity contribution in [3.8, 4) is 11.6 Å². The summed E-state index contributed by atoms with van der Waals surface area (Å²) < 4.78 is 20.9. The predicted octanol–water partition coefficient (Wildman–Crippen LogP) is 4.30. The van der Waals surface area contributed by atoms with Crippen molar-refractivity contribution in [2.24, 2.45) is 0 Å². The van der Waals surface area contributed by atoms with Gasteiger partial charge in [0, 0.05) is 11.3 Å². The smallest absolute Gasteiger partial charge is 0.265 e. The third-order valence-corrected chi connectivity index (χ3v) is 4.38. The molecular weight excluding hydrogens is 319 g/mol. The number of aromatic nitrogens is 4. The Hall–Kier alpha value is -2.50. The molecule has 6 heteroatoms. The van der Waals surface area contributed by atoms with E-state index in [1.165, 1.54) is 12.1 Å². The van der Waals surface area contributed by atoms with Gasteiger partial charge in [0.1, 0.15) is 11.5 Å². The van der Waals surface area contributed by atoms with Gasteiger partial charge in [0.25, 0.3) is 5.89 Å². The van der Waals surface area contributed by atoms with Crippen molar-refractivity contribution in [3.63, 3.8) is 0 Å². The highest BCUT2D eigenvalue weighted by Gasteiger charge is 2.30. The molecule has 0 amide bonds. The maximum absolute atomic E-state index is 13.2. The van der Waals surface area contributed by atoms with E-state index in [1.807, 2.05) is 10.7 Å². The van der Waals surface area contributed by atoms with Gasteiger partial charge in [0.15, 0.2) is 0 Å². The maximum Gasteiger partial charge on any atom is 0.265 e. The lowest BCUT2D eigenvalue weighted by atomic mass is 9.92.